The number of aromatic nitrogens is 3. The lowest BCUT2D eigenvalue weighted by Gasteiger charge is -2.32. The number of hydrogen-bond donors (Lipinski definition) is 2. The van der Waals surface area contributed by atoms with Crippen molar-refractivity contribution in [3.63, 3.8) is 0 Å². The number of halogens is 1. The number of benzene rings is 1. The minimum absolute atomic E-state index is 0.0946. The zero-order valence-electron chi connectivity index (χ0n) is 15.5. The normalized spacial score (nSPS) is 16.7. The maximum Gasteiger partial charge on any atom is 0.254 e. The van der Waals surface area contributed by atoms with Crippen molar-refractivity contribution in [1.29, 1.82) is 0 Å². The average Bonchev–Trinajstić information content (AvgIpc) is 3.15. The van der Waals surface area contributed by atoms with Crippen molar-refractivity contribution < 1.29 is 18.8 Å². The van der Waals surface area contributed by atoms with Gasteiger partial charge in [0.15, 0.2) is 5.88 Å². The monoisotopic (exact) mass is 398 g/mol. The summed E-state index contributed by atoms with van der Waals surface area (Å²) in [5.74, 6) is -0.403. The molecular weight excluding hydrogens is 379 g/mol. The number of aromatic amines is 1. The number of piperidine rings is 1. The van der Waals surface area contributed by atoms with Crippen LogP contribution < -0.4 is 5.56 Å². The molecule has 0 saturated carbocycles. The fraction of sp³-hybridized carbons (Fsp3) is 0.300. The Morgan fingerprint density at radius 1 is 1.34 bits per heavy atom. The number of carbonyl (C=O) groups excluding carboxylic acids is 1. The van der Waals surface area contributed by atoms with Crippen LogP contribution in [0, 0.1) is 11.7 Å². The van der Waals surface area contributed by atoms with Gasteiger partial charge >= 0.3 is 0 Å². The molecule has 9 heteroatoms. The summed E-state index contributed by atoms with van der Waals surface area (Å²) in [6, 6.07) is 8.63. The van der Waals surface area contributed by atoms with Crippen LogP contribution in [0.25, 0.3) is 11.4 Å². The second kappa shape index (κ2) is 7.86. The first-order chi connectivity index (χ1) is 14.0. The fourth-order valence-electron chi connectivity index (χ4n) is 3.59. The molecule has 2 N–H and O–H groups in total. The van der Waals surface area contributed by atoms with Crippen LogP contribution in [0.1, 0.15) is 29.1 Å². The number of H-pyrrole nitrogens is 1. The molecule has 1 aliphatic heterocycles. The van der Waals surface area contributed by atoms with E-state index in [4.69, 9.17) is 4.52 Å². The number of nitrogens with zero attached hydrogens (tertiary/aromatic N) is 3. The Hall–Kier alpha value is -3.49. The van der Waals surface area contributed by atoms with E-state index in [2.05, 4.69) is 15.1 Å². The second-order valence-electron chi connectivity index (χ2n) is 7.07. The van der Waals surface area contributed by atoms with E-state index in [1.165, 1.54) is 18.2 Å². The Kier molecular flexibility index (Phi) is 5.11. The van der Waals surface area contributed by atoms with Crippen LogP contribution in [-0.2, 0) is 6.42 Å². The van der Waals surface area contributed by atoms with Crippen LogP contribution in [0.3, 0.4) is 0 Å². The summed E-state index contributed by atoms with van der Waals surface area (Å²) in [7, 11) is 0. The van der Waals surface area contributed by atoms with Gasteiger partial charge in [-0.25, -0.2) is 4.39 Å². The lowest BCUT2D eigenvalue weighted by molar-refractivity contribution is 0.0667. The van der Waals surface area contributed by atoms with E-state index in [1.807, 2.05) is 0 Å². The van der Waals surface area contributed by atoms with Gasteiger partial charge in [-0.2, -0.15) is 4.98 Å². The quantitative estimate of drug-likeness (QED) is 0.698. The Bertz CT molecular complexity index is 1090. The van der Waals surface area contributed by atoms with E-state index in [1.54, 1.807) is 23.1 Å². The molecule has 3 aromatic rings. The highest BCUT2D eigenvalue weighted by Crippen LogP contribution is 2.24. The van der Waals surface area contributed by atoms with Gasteiger partial charge in [-0.05, 0) is 30.9 Å². The first kappa shape index (κ1) is 18.9. The molecule has 1 unspecified atom stereocenters. The lowest BCUT2D eigenvalue weighted by atomic mass is 9.94. The summed E-state index contributed by atoms with van der Waals surface area (Å²) in [5.41, 5.74) is -0.114. The number of amides is 1. The fourth-order valence-corrected chi connectivity index (χ4v) is 3.59. The standard InChI is InChI=1S/C20H19FN4O4/c21-15-6-2-1-5-14(15)19-23-18(29-24-19)8-12-4-3-7-25(11-12)20(28)13-9-16(26)22-17(27)10-13/h1-2,5-6,9-10,12H,3-4,7-8,11H2,(H2,22,26,27). The Labute approximate surface area is 165 Å². The molecule has 29 heavy (non-hydrogen) atoms. The summed E-state index contributed by atoms with van der Waals surface area (Å²) in [5, 5.41) is 13.4. The van der Waals surface area contributed by atoms with Gasteiger partial charge in [-0.1, -0.05) is 17.3 Å². The molecule has 150 valence electrons. The van der Waals surface area contributed by atoms with E-state index >= 15 is 0 Å². The Balaban J connectivity index is 1.45. The van der Waals surface area contributed by atoms with E-state index < -0.39 is 11.4 Å². The van der Waals surface area contributed by atoms with E-state index in [0.717, 1.165) is 12.8 Å². The van der Waals surface area contributed by atoms with E-state index in [-0.39, 0.29) is 34.7 Å². The second-order valence-corrected chi connectivity index (χ2v) is 7.07. The smallest absolute Gasteiger partial charge is 0.254 e. The highest BCUT2D eigenvalue weighted by molar-refractivity contribution is 5.94. The number of carbonyl (C=O) groups is 1. The molecule has 1 aromatic carbocycles. The van der Waals surface area contributed by atoms with Crippen LogP contribution in [-0.4, -0.2) is 44.1 Å². The van der Waals surface area contributed by atoms with Gasteiger partial charge < -0.3 is 14.5 Å². The predicted octanol–water partition coefficient (Wildman–Crippen LogP) is 2.36. The number of aromatic hydroxyl groups is 1. The molecule has 0 aliphatic carbocycles. The van der Waals surface area contributed by atoms with E-state index in [0.29, 0.717) is 25.4 Å². The Morgan fingerprint density at radius 2 is 2.17 bits per heavy atom. The molecule has 4 rings (SSSR count). The van der Waals surface area contributed by atoms with Crippen molar-refractivity contribution in [2.45, 2.75) is 19.3 Å². The van der Waals surface area contributed by atoms with Gasteiger partial charge in [0.2, 0.25) is 11.7 Å². The molecule has 1 fully saturated rings. The highest BCUT2D eigenvalue weighted by Gasteiger charge is 2.27. The van der Waals surface area contributed by atoms with Crippen molar-refractivity contribution in [1.82, 2.24) is 20.0 Å². The van der Waals surface area contributed by atoms with Gasteiger partial charge in [0, 0.05) is 31.6 Å². The minimum atomic E-state index is -0.534. The maximum absolute atomic E-state index is 13.9. The Morgan fingerprint density at radius 3 is 2.97 bits per heavy atom. The highest BCUT2D eigenvalue weighted by atomic mass is 19.1. The van der Waals surface area contributed by atoms with Crippen LogP contribution >= 0.6 is 0 Å². The van der Waals surface area contributed by atoms with Crippen molar-refractivity contribution in [2.24, 2.45) is 5.92 Å². The van der Waals surface area contributed by atoms with Gasteiger partial charge in [0.1, 0.15) is 5.82 Å². The molecule has 0 bridgehead atoms. The molecule has 1 saturated heterocycles. The zero-order valence-corrected chi connectivity index (χ0v) is 15.5. The van der Waals surface area contributed by atoms with Crippen molar-refractivity contribution in [3.8, 4) is 17.3 Å². The van der Waals surface area contributed by atoms with Crippen molar-refractivity contribution in [3.05, 3.63) is 64.0 Å². The molecule has 8 nitrogen and oxygen atoms in total. The number of hydrogen-bond acceptors (Lipinski definition) is 6. The third-order valence-corrected chi connectivity index (χ3v) is 4.93. The zero-order chi connectivity index (χ0) is 20.4. The number of pyridine rings is 1. The van der Waals surface area contributed by atoms with Crippen LogP contribution in [0.2, 0.25) is 0 Å². The summed E-state index contributed by atoms with van der Waals surface area (Å²) in [6.45, 7) is 1.02. The van der Waals surface area contributed by atoms with Crippen LogP contribution in [0.5, 0.6) is 5.88 Å². The minimum Gasteiger partial charge on any atom is -0.494 e. The molecule has 0 radical (unpaired) electrons. The van der Waals surface area contributed by atoms with Crippen molar-refractivity contribution >= 4 is 5.91 Å². The topological polar surface area (TPSA) is 112 Å². The molecule has 0 spiro atoms. The van der Waals surface area contributed by atoms with Crippen molar-refractivity contribution in [2.75, 3.05) is 13.1 Å². The summed E-state index contributed by atoms with van der Waals surface area (Å²) < 4.78 is 19.2. The number of nitrogens with one attached hydrogen (secondary N) is 1. The van der Waals surface area contributed by atoms with Gasteiger partial charge in [-0.15, -0.1) is 0 Å². The third-order valence-electron chi connectivity index (χ3n) is 4.93. The van der Waals surface area contributed by atoms with Gasteiger partial charge in [0.05, 0.1) is 11.1 Å². The molecule has 3 heterocycles. The van der Waals surface area contributed by atoms with Crippen LogP contribution in [0.15, 0.2) is 45.7 Å². The number of likely N-dealkylation sites (tertiary alicyclic amines) is 1. The molecule has 1 amide bonds. The van der Waals surface area contributed by atoms with Gasteiger partial charge in [-0.3, -0.25) is 14.6 Å². The third kappa shape index (κ3) is 4.18. The maximum atomic E-state index is 13.9. The average molecular weight is 398 g/mol. The van der Waals surface area contributed by atoms with Gasteiger partial charge in [0.25, 0.3) is 11.5 Å². The molecular formula is C20H19FN4O4. The molecule has 1 aliphatic rings. The predicted molar refractivity (Wildman–Crippen MR) is 101 cm³/mol. The lowest BCUT2D eigenvalue weighted by Crippen LogP contribution is -2.40. The summed E-state index contributed by atoms with van der Waals surface area (Å²) >= 11 is 0. The first-order valence-corrected chi connectivity index (χ1v) is 9.29. The summed E-state index contributed by atoms with van der Waals surface area (Å²) in [4.78, 5) is 32.3. The molecule has 1 atom stereocenters. The first-order valence-electron chi connectivity index (χ1n) is 9.29. The van der Waals surface area contributed by atoms with E-state index in [9.17, 15) is 19.1 Å². The van der Waals surface area contributed by atoms with Crippen LogP contribution in [0.4, 0.5) is 4.39 Å². The SMILES string of the molecule is O=C(c1cc(O)[nH]c(=O)c1)N1CCCC(Cc2nc(-c3ccccc3F)no2)C1. The number of rotatable bonds is 4. The summed E-state index contributed by atoms with van der Waals surface area (Å²) in [6.07, 6.45) is 2.13. The largest absolute Gasteiger partial charge is 0.494 e. The molecule has 2 aromatic heterocycles.